The van der Waals surface area contributed by atoms with Gasteiger partial charge in [0.2, 0.25) is 0 Å². The van der Waals surface area contributed by atoms with Gasteiger partial charge in [0.15, 0.2) is 5.79 Å². The molecule has 1 saturated carbocycles. The monoisotopic (exact) mass is 284 g/mol. The predicted octanol–water partition coefficient (Wildman–Crippen LogP) is 3.33. The molecular weight excluding hydrogens is 264 g/mol. The highest BCUT2D eigenvalue weighted by Crippen LogP contribution is 2.37. The Morgan fingerprint density at radius 2 is 1.90 bits per heavy atom. The Morgan fingerprint density at radius 1 is 1.10 bits per heavy atom. The molecule has 0 amide bonds. The van der Waals surface area contributed by atoms with Gasteiger partial charge in [-0.25, -0.2) is 0 Å². The van der Waals surface area contributed by atoms with Gasteiger partial charge < -0.3 is 14.8 Å². The third-order valence-corrected chi connectivity index (χ3v) is 4.60. The second kappa shape index (κ2) is 5.28. The summed E-state index contributed by atoms with van der Waals surface area (Å²) in [6.07, 6.45) is 7.90. The number of ether oxygens (including phenoxy) is 2. The van der Waals surface area contributed by atoms with Gasteiger partial charge in [0.25, 0.3) is 0 Å². The van der Waals surface area contributed by atoms with Crippen LogP contribution in [-0.2, 0) is 9.47 Å². The number of hydrogen-bond donors (Lipinski definition) is 1. The van der Waals surface area contributed by atoms with Crippen LogP contribution in [0.4, 0.5) is 5.69 Å². The van der Waals surface area contributed by atoms with E-state index in [1.165, 1.54) is 16.5 Å². The van der Waals surface area contributed by atoms with Crippen molar-refractivity contribution in [2.45, 2.75) is 37.5 Å². The van der Waals surface area contributed by atoms with Crippen molar-refractivity contribution in [2.24, 2.45) is 0 Å². The second-order valence-electron chi connectivity index (χ2n) is 5.93. The van der Waals surface area contributed by atoms with Crippen LogP contribution in [0, 0.1) is 0 Å². The van der Waals surface area contributed by atoms with Crippen molar-refractivity contribution in [3.8, 4) is 0 Å². The van der Waals surface area contributed by atoms with E-state index in [0.29, 0.717) is 6.04 Å². The van der Waals surface area contributed by atoms with E-state index in [0.717, 1.165) is 38.9 Å². The highest BCUT2D eigenvalue weighted by atomic mass is 16.7. The molecule has 2 heterocycles. The van der Waals surface area contributed by atoms with Gasteiger partial charge in [-0.15, -0.1) is 0 Å². The van der Waals surface area contributed by atoms with E-state index in [4.69, 9.17) is 9.47 Å². The third-order valence-electron chi connectivity index (χ3n) is 4.60. The smallest absolute Gasteiger partial charge is 0.168 e. The molecule has 1 aliphatic heterocycles. The minimum atomic E-state index is -0.277. The Balaban J connectivity index is 1.49. The normalized spacial score (nSPS) is 21.9. The Labute approximate surface area is 124 Å². The third kappa shape index (κ3) is 2.49. The van der Waals surface area contributed by atoms with E-state index in [-0.39, 0.29) is 5.79 Å². The molecule has 4 rings (SSSR count). The molecular formula is C17H20N2O2. The summed E-state index contributed by atoms with van der Waals surface area (Å²) in [6, 6.07) is 8.89. The van der Waals surface area contributed by atoms with Crippen LogP contribution >= 0.6 is 0 Å². The molecule has 2 aliphatic rings. The maximum atomic E-state index is 5.79. The number of anilines is 1. The summed E-state index contributed by atoms with van der Waals surface area (Å²) in [6.45, 7) is 1.49. The quantitative estimate of drug-likeness (QED) is 0.918. The van der Waals surface area contributed by atoms with Gasteiger partial charge in [0, 0.05) is 47.7 Å². The molecule has 21 heavy (non-hydrogen) atoms. The zero-order chi connectivity index (χ0) is 14.1. The Hall–Kier alpha value is -1.65. The molecule has 0 atom stereocenters. The van der Waals surface area contributed by atoms with Gasteiger partial charge in [-0.05, 0) is 25.0 Å². The number of nitrogens with zero attached hydrogens (tertiary/aromatic N) is 1. The lowest BCUT2D eigenvalue weighted by atomic mass is 9.89. The van der Waals surface area contributed by atoms with E-state index in [1.807, 2.05) is 12.4 Å². The summed E-state index contributed by atoms with van der Waals surface area (Å²) in [4.78, 5) is 4.19. The van der Waals surface area contributed by atoms with Crippen LogP contribution in [-0.4, -0.2) is 30.0 Å². The number of nitrogens with one attached hydrogen (secondary N) is 1. The van der Waals surface area contributed by atoms with Crippen molar-refractivity contribution in [3.05, 3.63) is 36.7 Å². The summed E-state index contributed by atoms with van der Waals surface area (Å²) >= 11 is 0. The average molecular weight is 284 g/mol. The summed E-state index contributed by atoms with van der Waals surface area (Å²) in [5.74, 6) is -0.277. The van der Waals surface area contributed by atoms with Crippen LogP contribution in [0.15, 0.2) is 36.7 Å². The molecule has 4 heteroatoms. The van der Waals surface area contributed by atoms with Gasteiger partial charge in [0.05, 0.1) is 13.2 Å². The summed E-state index contributed by atoms with van der Waals surface area (Å²) in [7, 11) is 0. The maximum absolute atomic E-state index is 5.79. The van der Waals surface area contributed by atoms with E-state index in [1.54, 1.807) is 0 Å². The molecule has 2 aromatic rings. The Kier molecular flexibility index (Phi) is 3.28. The predicted molar refractivity (Wildman–Crippen MR) is 82.3 cm³/mol. The topological polar surface area (TPSA) is 43.4 Å². The molecule has 1 aliphatic carbocycles. The highest BCUT2D eigenvalue weighted by Gasteiger charge is 2.40. The highest BCUT2D eigenvalue weighted by molar-refractivity contribution is 5.93. The van der Waals surface area contributed by atoms with E-state index < -0.39 is 0 Å². The number of benzene rings is 1. The van der Waals surface area contributed by atoms with Crippen LogP contribution in [0.5, 0.6) is 0 Å². The van der Waals surface area contributed by atoms with Gasteiger partial charge in [-0.2, -0.15) is 0 Å². The average Bonchev–Trinajstić information content (AvgIpc) is 2.99. The molecule has 1 spiro atoms. The molecule has 1 saturated heterocycles. The Bertz CT molecular complexity index is 622. The van der Waals surface area contributed by atoms with Crippen LogP contribution < -0.4 is 5.32 Å². The molecule has 1 aromatic heterocycles. The summed E-state index contributed by atoms with van der Waals surface area (Å²) in [5.41, 5.74) is 1.20. The van der Waals surface area contributed by atoms with E-state index in [2.05, 4.69) is 34.6 Å². The fraction of sp³-hybridized carbons (Fsp3) is 0.471. The largest absolute Gasteiger partial charge is 0.382 e. The number of fused-ring (bicyclic) bond motifs is 1. The van der Waals surface area contributed by atoms with Crippen molar-refractivity contribution in [1.29, 1.82) is 0 Å². The molecule has 0 unspecified atom stereocenters. The zero-order valence-electron chi connectivity index (χ0n) is 12.0. The SMILES string of the molecule is c1cc(NC2CCC3(CC2)OCCO3)c2ccncc2c1. The van der Waals surface area contributed by atoms with E-state index >= 15 is 0 Å². The summed E-state index contributed by atoms with van der Waals surface area (Å²) < 4.78 is 11.6. The van der Waals surface area contributed by atoms with Crippen molar-refractivity contribution >= 4 is 16.5 Å². The fourth-order valence-electron chi connectivity index (χ4n) is 3.46. The number of aromatic nitrogens is 1. The van der Waals surface area contributed by atoms with Gasteiger partial charge in [0.1, 0.15) is 0 Å². The zero-order valence-corrected chi connectivity index (χ0v) is 12.0. The van der Waals surface area contributed by atoms with Gasteiger partial charge in [-0.3, -0.25) is 4.98 Å². The lowest BCUT2D eigenvalue weighted by Gasteiger charge is -2.36. The van der Waals surface area contributed by atoms with Crippen molar-refractivity contribution in [3.63, 3.8) is 0 Å². The van der Waals surface area contributed by atoms with E-state index in [9.17, 15) is 0 Å². The molecule has 0 bridgehead atoms. The minimum Gasteiger partial charge on any atom is -0.382 e. The first-order valence-corrected chi connectivity index (χ1v) is 7.72. The lowest BCUT2D eigenvalue weighted by Crippen LogP contribution is -2.39. The first-order valence-electron chi connectivity index (χ1n) is 7.72. The van der Waals surface area contributed by atoms with Crippen molar-refractivity contribution in [1.82, 2.24) is 4.98 Å². The van der Waals surface area contributed by atoms with Gasteiger partial charge in [-0.1, -0.05) is 12.1 Å². The number of rotatable bonds is 2. The van der Waals surface area contributed by atoms with Crippen molar-refractivity contribution in [2.75, 3.05) is 18.5 Å². The fourth-order valence-corrected chi connectivity index (χ4v) is 3.46. The minimum absolute atomic E-state index is 0.277. The standard InChI is InChI=1S/C17H20N2O2/c1-2-13-12-18-9-6-15(13)16(3-1)19-14-4-7-17(8-5-14)20-10-11-21-17/h1-3,6,9,12,14,19H,4-5,7-8,10-11H2. The van der Waals surface area contributed by atoms with Crippen LogP contribution in [0.3, 0.4) is 0 Å². The first-order chi connectivity index (χ1) is 10.3. The first kappa shape index (κ1) is 13.0. The lowest BCUT2D eigenvalue weighted by molar-refractivity contribution is -0.177. The van der Waals surface area contributed by atoms with Crippen LogP contribution in [0.1, 0.15) is 25.7 Å². The number of pyridine rings is 1. The molecule has 110 valence electrons. The Morgan fingerprint density at radius 3 is 2.71 bits per heavy atom. The van der Waals surface area contributed by atoms with Gasteiger partial charge >= 0.3 is 0 Å². The molecule has 1 aromatic carbocycles. The van der Waals surface area contributed by atoms with Crippen molar-refractivity contribution < 1.29 is 9.47 Å². The molecule has 1 N–H and O–H groups in total. The molecule has 0 radical (unpaired) electrons. The van der Waals surface area contributed by atoms with Crippen LogP contribution in [0.2, 0.25) is 0 Å². The maximum Gasteiger partial charge on any atom is 0.168 e. The molecule has 2 fully saturated rings. The van der Waals surface area contributed by atoms with Crippen LogP contribution in [0.25, 0.3) is 10.8 Å². The second-order valence-corrected chi connectivity index (χ2v) is 5.93. The number of hydrogen-bond acceptors (Lipinski definition) is 4. The summed E-state index contributed by atoms with van der Waals surface area (Å²) in [5, 5.41) is 6.11. The molecule has 4 nitrogen and oxygen atoms in total.